The zero-order chi connectivity index (χ0) is 19.8. The molecule has 1 amide bonds. The van der Waals surface area contributed by atoms with Gasteiger partial charge in [0.15, 0.2) is 11.5 Å². The van der Waals surface area contributed by atoms with E-state index >= 15 is 0 Å². The number of nitrogens with one attached hydrogen (secondary N) is 2. The lowest BCUT2D eigenvalue weighted by molar-refractivity contribution is 0.0945. The Balaban J connectivity index is 1.60. The van der Waals surface area contributed by atoms with Gasteiger partial charge in [0.1, 0.15) is 17.8 Å². The summed E-state index contributed by atoms with van der Waals surface area (Å²) in [7, 11) is 3.15. The van der Waals surface area contributed by atoms with Gasteiger partial charge in [-0.2, -0.15) is 0 Å². The zero-order valence-corrected chi connectivity index (χ0v) is 15.7. The van der Waals surface area contributed by atoms with Gasteiger partial charge >= 0.3 is 0 Å². The third-order valence-electron chi connectivity index (χ3n) is 3.98. The molecule has 0 fully saturated rings. The molecule has 0 aliphatic rings. The van der Waals surface area contributed by atoms with Gasteiger partial charge in [0.2, 0.25) is 0 Å². The highest BCUT2D eigenvalue weighted by molar-refractivity contribution is 5.92. The molecule has 0 saturated heterocycles. The first-order chi connectivity index (χ1) is 13.7. The van der Waals surface area contributed by atoms with Crippen LogP contribution in [0.3, 0.4) is 0 Å². The van der Waals surface area contributed by atoms with Crippen LogP contribution in [-0.4, -0.2) is 35.1 Å². The van der Waals surface area contributed by atoms with Crippen molar-refractivity contribution in [2.24, 2.45) is 0 Å². The van der Waals surface area contributed by atoms with Crippen LogP contribution in [0.2, 0.25) is 0 Å². The maximum Gasteiger partial charge on any atom is 0.270 e. The minimum absolute atomic E-state index is 0.277. The molecular weight excluding hydrogens is 358 g/mol. The second-order valence-corrected chi connectivity index (χ2v) is 5.84. The lowest BCUT2D eigenvalue weighted by atomic mass is 10.2. The molecule has 0 radical (unpaired) electrons. The third-order valence-corrected chi connectivity index (χ3v) is 3.98. The molecule has 2 N–H and O–H groups in total. The number of rotatable bonds is 8. The van der Waals surface area contributed by atoms with Crippen molar-refractivity contribution in [1.82, 2.24) is 20.3 Å². The van der Waals surface area contributed by atoms with Crippen molar-refractivity contribution in [2.45, 2.75) is 13.1 Å². The number of hydrogen-bond donors (Lipinski definition) is 2. The molecule has 8 nitrogen and oxygen atoms in total. The van der Waals surface area contributed by atoms with E-state index in [4.69, 9.17) is 9.47 Å². The van der Waals surface area contributed by atoms with Crippen LogP contribution in [0.15, 0.2) is 55.0 Å². The Morgan fingerprint density at radius 2 is 1.82 bits per heavy atom. The van der Waals surface area contributed by atoms with Crippen molar-refractivity contribution >= 4 is 11.7 Å². The van der Waals surface area contributed by atoms with E-state index in [1.807, 2.05) is 30.3 Å². The maximum absolute atomic E-state index is 12.4. The highest BCUT2D eigenvalue weighted by Gasteiger charge is 2.10. The van der Waals surface area contributed by atoms with Crippen LogP contribution in [0, 0.1) is 0 Å². The largest absolute Gasteiger partial charge is 0.493 e. The van der Waals surface area contributed by atoms with Crippen molar-refractivity contribution in [3.63, 3.8) is 0 Å². The van der Waals surface area contributed by atoms with Crippen LogP contribution in [0.4, 0.5) is 5.82 Å². The number of nitrogens with zero attached hydrogens (tertiary/aromatic N) is 3. The van der Waals surface area contributed by atoms with Gasteiger partial charge < -0.3 is 20.1 Å². The van der Waals surface area contributed by atoms with E-state index in [1.54, 1.807) is 32.5 Å². The minimum atomic E-state index is -0.293. The molecular formula is C20H21N5O3. The van der Waals surface area contributed by atoms with E-state index in [9.17, 15) is 4.79 Å². The number of carbonyl (C=O) groups is 1. The quantitative estimate of drug-likeness (QED) is 0.620. The lowest BCUT2D eigenvalue weighted by Gasteiger charge is -2.10. The summed E-state index contributed by atoms with van der Waals surface area (Å²) in [5, 5.41) is 5.97. The normalized spacial score (nSPS) is 10.2. The summed E-state index contributed by atoms with van der Waals surface area (Å²) in [5.41, 5.74) is 2.04. The first-order valence-corrected chi connectivity index (χ1v) is 8.64. The highest BCUT2D eigenvalue weighted by Crippen LogP contribution is 2.27. The van der Waals surface area contributed by atoms with Gasteiger partial charge in [0, 0.05) is 18.8 Å². The fourth-order valence-electron chi connectivity index (χ4n) is 2.53. The topological polar surface area (TPSA) is 98.3 Å². The molecule has 2 heterocycles. The molecule has 3 rings (SSSR count). The molecule has 0 aliphatic heterocycles. The van der Waals surface area contributed by atoms with E-state index in [0.29, 0.717) is 30.4 Å². The van der Waals surface area contributed by atoms with Crippen molar-refractivity contribution < 1.29 is 14.3 Å². The summed E-state index contributed by atoms with van der Waals surface area (Å²) in [6.45, 7) is 0.838. The zero-order valence-electron chi connectivity index (χ0n) is 15.7. The number of amides is 1. The summed E-state index contributed by atoms with van der Waals surface area (Å²) in [5.74, 6) is 1.50. The molecule has 144 valence electrons. The molecule has 3 aromatic rings. The molecule has 0 aliphatic carbocycles. The first kappa shape index (κ1) is 19.1. The van der Waals surface area contributed by atoms with Crippen LogP contribution < -0.4 is 20.1 Å². The smallest absolute Gasteiger partial charge is 0.270 e. The summed E-state index contributed by atoms with van der Waals surface area (Å²) in [6.07, 6.45) is 3.08. The van der Waals surface area contributed by atoms with Gasteiger partial charge in [-0.05, 0) is 29.8 Å². The summed E-state index contributed by atoms with van der Waals surface area (Å²) in [6, 6.07) is 12.8. The summed E-state index contributed by atoms with van der Waals surface area (Å²) >= 11 is 0. The second-order valence-electron chi connectivity index (χ2n) is 5.84. The summed E-state index contributed by atoms with van der Waals surface area (Å²) < 4.78 is 10.5. The predicted octanol–water partition coefficient (Wildman–Crippen LogP) is 2.43. The molecule has 0 saturated carbocycles. The van der Waals surface area contributed by atoms with Crippen LogP contribution in [0.5, 0.6) is 11.5 Å². The van der Waals surface area contributed by atoms with Crippen molar-refractivity contribution in [2.75, 3.05) is 19.5 Å². The number of methoxy groups -OCH3 is 2. The van der Waals surface area contributed by atoms with Gasteiger partial charge in [-0.1, -0.05) is 12.1 Å². The Hall–Kier alpha value is -3.68. The van der Waals surface area contributed by atoms with Crippen LogP contribution in [0.1, 0.15) is 21.7 Å². The van der Waals surface area contributed by atoms with Crippen molar-refractivity contribution in [1.29, 1.82) is 0 Å². The molecule has 1 aromatic carbocycles. The fraction of sp³-hybridized carbons (Fsp3) is 0.200. The van der Waals surface area contributed by atoms with Gasteiger partial charge in [-0.15, -0.1) is 0 Å². The molecule has 0 atom stereocenters. The maximum atomic E-state index is 12.4. The van der Waals surface area contributed by atoms with Crippen molar-refractivity contribution in [3.05, 3.63) is 71.9 Å². The Morgan fingerprint density at radius 3 is 2.57 bits per heavy atom. The Bertz CT molecular complexity index is 934. The number of benzene rings is 1. The van der Waals surface area contributed by atoms with E-state index in [2.05, 4.69) is 25.6 Å². The van der Waals surface area contributed by atoms with Crippen LogP contribution >= 0.6 is 0 Å². The molecule has 2 aromatic heterocycles. The number of pyridine rings is 1. The molecule has 28 heavy (non-hydrogen) atoms. The number of aromatic nitrogens is 3. The SMILES string of the molecule is COc1ccc(CNC(=O)c2cc(NCc3ccccn3)ncn2)cc1OC. The van der Waals surface area contributed by atoms with Gasteiger partial charge in [-0.25, -0.2) is 9.97 Å². The molecule has 8 heteroatoms. The highest BCUT2D eigenvalue weighted by atomic mass is 16.5. The van der Waals surface area contributed by atoms with E-state index in [1.165, 1.54) is 6.33 Å². The second kappa shape index (κ2) is 9.31. The van der Waals surface area contributed by atoms with Crippen LogP contribution in [0.25, 0.3) is 0 Å². The standard InChI is InChI=1S/C20H21N5O3/c1-27-17-7-6-14(9-18(17)28-2)11-23-20(26)16-10-19(25-13-24-16)22-12-15-5-3-4-8-21-15/h3-10,13H,11-12H2,1-2H3,(H,23,26)(H,22,24,25). The van der Waals surface area contributed by atoms with E-state index < -0.39 is 0 Å². The first-order valence-electron chi connectivity index (χ1n) is 8.64. The fourth-order valence-corrected chi connectivity index (χ4v) is 2.53. The third kappa shape index (κ3) is 4.94. The predicted molar refractivity (Wildman–Crippen MR) is 104 cm³/mol. The van der Waals surface area contributed by atoms with E-state index in [-0.39, 0.29) is 11.6 Å². The molecule has 0 spiro atoms. The van der Waals surface area contributed by atoms with Gasteiger partial charge in [0.05, 0.1) is 26.5 Å². The monoisotopic (exact) mass is 379 g/mol. The molecule has 0 bridgehead atoms. The van der Waals surface area contributed by atoms with E-state index in [0.717, 1.165) is 11.3 Å². The molecule has 0 unspecified atom stereocenters. The van der Waals surface area contributed by atoms with Gasteiger partial charge in [-0.3, -0.25) is 9.78 Å². The Kier molecular flexibility index (Phi) is 6.35. The number of carbonyl (C=O) groups excluding carboxylic acids is 1. The Labute approximate surface area is 163 Å². The Morgan fingerprint density at radius 1 is 0.964 bits per heavy atom. The average Bonchev–Trinajstić information content (AvgIpc) is 2.76. The summed E-state index contributed by atoms with van der Waals surface area (Å²) in [4.78, 5) is 24.8. The minimum Gasteiger partial charge on any atom is -0.493 e. The van der Waals surface area contributed by atoms with Crippen LogP contribution in [-0.2, 0) is 13.1 Å². The van der Waals surface area contributed by atoms with Crippen molar-refractivity contribution in [3.8, 4) is 11.5 Å². The lowest BCUT2D eigenvalue weighted by Crippen LogP contribution is -2.24. The number of hydrogen-bond acceptors (Lipinski definition) is 7. The number of anilines is 1. The average molecular weight is 379 g/mol. The number of ether oxygens (including phenoxy) is 2. The van der Waals surface area contributed by atoms with Gasteiger partial charge in [0.25, 0.3) is 5.91 Å².